The number of hydrogen-bond donors (Lipinski definition) is 1. The molecular weight excluding hydrogens is 202 g/mol. The lowest BCUT2D eigenvalue weighted by atomic mass is 10.3. The Balaban J connectivity index is 1.97. The summed E-state index contributed by atoms with van der Waals surface area (Å²) < 4.78 is 3.91. The predicted octanol–water partition coefficient (Wildman–Crippen LogP) is 1.43. The average Bonchev–Trinajstić information content (AvgIpc) is 2.78. The van der Waals surface area contributed by atoms with Crippen LogP contribution in [0.1, 0.15) is 12.6 Å². The maximum Gasteiger partial charge on any atom is 0.203 e. The fourth-order valence-electron chi connectivity index (χ4n) is 1.71. The van der Waals surface area contributed by atoms with Crippen molar-refractivity contribution in [3.63, 3.8) is 0 Å². The van der Waals surface area contributed by atoms with E-state index < -0.39 is 0 Å². The molecule has 0 fully saturated rings. The second-order valence-corrected chi connectivity index (χ2v) is 4.09. The van der Waals surface area contributed by atoms with Gasteiger partial charge >= 0.3 is 0 Å². The SMILES string of the molecule is Cc1cn(C)c(NC(C)Cn2cccn2)n1. The first-order chi connectivity index (χ1) is 7.65. The van der Waals surface area contributed by atoms with Gasteiger partial charge in [0.1, 0.15) is 0 Å². The molecule has 86 valence electrons. The molecule has 2 rings (SSSR count). The van der Waals surface area contributed by atoms with Gasteiger partial charge in [0.15, 0.2) is 0 Å². The highest BCUT2D eigenvalue weighted by Gasteiger charge is 2.07. The van der Waals surface area contributed by atoms with E-state index in [0.717, 1.165) is 18.2 Å². The number of hydrogen-bond acceptors (Lipinski definition) is 3. The molecular formula is C11H17N5. The Bertz CT molecular complexity index is 443. The number of nitrogens with one attached hydrogen (secondary N) is 1. The summed E-state index contributed by atoms with van der Waals surface area (Å²) in [4.78, 5) is 4.40. The quantitative estimate of drug-likeness (QED) is 0.846. The van der Waals surface area contributed by atoms with Crippen molar-refractivity contribution in [2.75, 3.05) is 5.32 Å². The maximum absolute atomic E-state index is 4.40. The van der Waals surface area contributed by atoms with Gasteiger partial charge in [-0.25, -0.2) is 4.98 Å². The van der Waals surface area contributed by atoms with Gasteiger partial charge in [-0.2, -0.15) is 5.10 Å². The lowest BCUT2D eigenvalue weighted by Crippen LogP contribution is -2.23. The van der Waals surface area contributed by atoms with Crippen molar-refractivity contribution in [2.45, 2.75) is 26.4 Å². The number of anilines is 1. The summed E-state index contributed by atoms with van der Waals surface area (Å²) >= 11 is 0. The first-order valence-corrected chi connectivity index (χ1v) is 5.39. The fraction of sp³-hybridized carbons (Fsp3) is 0.455. The summed E-state index contributed by atoms with van der Waals surface area (Å²) in [7, 11) is 1.99. The lowest BCUT2D eigenvalue weighted by molar-refractivity contribution is 0.556. The number of imidazole rings is 1. The zero-order chi connectivity index (χ0) is 11.5. The molecule has 0 amide bonds. The molecule has 0 saturated carbocycles. The van der Waals surface area contributed by atoms with Crippen LogP contribution in [-0.2, 0) is 13.6 Å². The molecule has 2 aromatic rings. The fourth-order valence-corrected chi connectivity index (χ4v) is 1.71. The Kier molecular flexibility index (Phi) is 2.94. The molecule has 5 nitrogen and oxygen atoms in total. The van der Waals surface area contributed by atoms with Crippen LogP contribution in [0.25, 0.3) is 0 Å². The van der Waals surface area contributed by atoms with E-state index in [1.165, 1.54) is 0 Å². The molecule has 1 atom stereocenters. The van der Waals surface area contributed by atoms with E-state index in [1.807, 2.05) is 41.7 Å². The molecule has 1 unspecified atom stereocenters. The number of nitrogens with zero attached hydrogens (tertiary/aromatic N) is 4. The van der Waals surface area contributed by atoms with Gasteiger partial charge < -0.3 is 9.88 Å². The van der Waals surface area contributed by atoms with Crippen molar-refractivity contribution >= 4 is 5.95 Å². The van der Waals surface area contributed by atoms with E-state index in [-0.39, 0.29) is 0 Å². The van der Waals surface area contributed by atoms with E-state index in [9.17, 15) is 0 Å². The molecule has 0 bridgehead atoms. The largest absolute Gasteiger partial charge is 0.351 e. The van der Waals surface area contributed by atoms with Crippen molar-refractivity contribution in [3.8, 4) is 0 Å². The van der Waals surface area contributed by atoms with Crippen LogP contribution in [0.15, 0.2) is 24.7 Å². The molecule has 2 heterocycles. The highest BCUT2D eigenvalue weighted by atomic mass is 15.3. The Hall–Kier alpha value is -1.78. The van der Waals surface area contributed by atoms with Gasteiger partial charge in [0.05, 0.1) is 12.2 Å². The molecule has 16 heavy (non-hydrogen) atoms. The van der Waals surface area contributed by atoms with Gasteiger partial charge in [-0.3, -0.25) is 4.68 Å². The van der Waals surface area contributed by atoms with Gasteiger partial charge in [0.25, 0.3) is 0 Å². The normalized spacial score (nSPS) is 12.7. The standard InChI is InChI=1S/C11H17N5/c1-9-7-15(3)11(13-9)14-10(2)8-16-6-4-5-12-16/h4-7,10H,8H2,1-3H3,(H,13,14). The molecule has 0 spiro atoms. The molecule has 1 N–H and O–H groups in total. The third-order valence-corrected chi connectivity index (χ3v) is 2.39. The first kappa shape index (κ1) is 10.7. The maximum atomic E-state index is 4.40. The van der Waals surface area contributed by atoms with Crippen LogP contribution in [0.5, 0.6) is 0 Å². The number of aromatic nitrogens is 4. The topological polar surface area (TPSA) is 47.7 Å². The summed E-state index contributed by atoms with van der Waals surface area (Å²) in [5.74, 6) is 0.900. The zero-order valence-electron chi connectivity index (χ0n) is 9.88. The summed E-state index contributed by atoms with van der Waals surface area (Å²) in [6, 6.07) is 2.22. The minimum atomic E-state index is 0.292. The Morgan fingerprint density at radius 1 is 1.50 bits per heavy atom. The molecule has 0 aromatic carbocycles. The van der Waals surface area contributed by atoms with Crippen LogP contribution in [0.2, 0.25) is 0 Å². The number of rotatable bonds is 4. The van der Waals surface area contributed by atoms with Crippen molar-refractivity contribution in [2.24, 2.45) is 7.05 Å². The summed E-state index contributed by atoms with van der Waals surface area (Å²) in [5, 5.41) is 7.54. The van der Waals surface area contributed by atoms with Gasteiger partial charge in [-0.1, -0.05) is 0 Å². The second-order valence-electron chi connectivity index (χ2n) is 4.09. The van der Waals surface area contributed by atoms with Gasteiger partial charge in [-0.05, 0) is 19.9 Å². The Labute approximate surface area is 95.1 Å². The van der Waals surface area contributed by atoms with E-state index in [2.05, 4.69) is 22.3 Å². The van der Waals surface area contributed by atoms with Crippen LogP contribution >= 0.6 is 0 Å². The molecule has 0 saturated heterocycles. The third-order valence-electron chi connectivity index (χ3n) is 2.39. The summed E-state index contributed by atoms with van der Waals surface area (Å²) in [6.45, 7) is 4.94. The van der Waals surface area contributed by atoms with Crippen molar-refractivity contribution in [1.82, 2.24) is 19.3 Å². The minimum absolute atomic E-state index is 0.292. The molecule has 0 radical (unpaired) electrons. The van der Waals surface area contributed by atoms with Gasteiger partial charge in [0.2, 0.25) is 5.95 Å². The van der Waals surface area contributed by atoms with E-state index in [1.54, 1.807) is 6.20 Å². The van der Waals surface area contributed by atoms with E-state index in [4.69, 9.17) is 0 Å². The van der Waals surface area contributed by atoms with Crippen LogP contribution in [0.3, 0.4) is 0 Å². The third kappa shape index (κ3) is 2.42. The summed E-state index contributed by atoms with van der Waals surface area (Å²) in [5.41, 5.74) is 1.02. The number of aryl methyl sites for hydroxylation is 2. The van der Waals surface area contributed by atoms with Crippen molar-refractivity contribution in [1.29, 1.82) is 0 Å². The van der Waals surface area contributed by atoms with E-state index >= 15 is 0 Å². The molecule has 5 heteroatoms. The average molecular weight is 219 g/mol. The summed E-state index contributed by atoms with van der Waals surface area (Å²) in [6.07, 6.45) is 5.75. The van der Waals surface area contributed by atoms with Crippen LogP contribution in [0, 0.1) is 6.92 Å². The Morgan fingerprint density at radius 3 is 2.88 bits per heavy atom. The first-order valence-electron chi connectivity index (χ1n) is 5.39. The molecule has 0 aliphatic carbocycles. The Morgan fingerprint density at radius 2 is 2.31 bits per heavy atom. The monoisotopic (exact) mass is 219 g/mol. The van der Waals surface area contributed by atoms with Crippen LogP contribution in [0.4, 0.5) is 5.95 Å². The highest BCUT2D eigenvalue weighted by molar-refractivity contribution is 5.29. The molecule has 0 aliphatic heterocycles. The van der Waals surface area contributed by atoms with Crippen molar-refractivity contribution in [3.05, 3.63) is 30.4 Å². The van der Waals surface area contributed by atoms with Gasteiger partial charge in [0, 0.05) is 31.7 Å². The minimum Gasteiger partial charge on any atom is -0.351 e. The van der Waals surface area contributed by atoms with Crippen LogP contribution < -0.4 is 5.32 Å². The van der Waals surface area contributed by atoms with Crippen molar-refractivity contribution < 1.29 is 0 Å². The molecule has 2 aromatic heterocycles. The smallest absolute Gasteiger partial charge is 0.203 e. The zero-order valence-corrected chi connectivity index (χ0v) is 9.88. The molecule has 0 aliphatic rings. The highest BCUT2D eigenvalue weighted by Crippen LogP contribution is 2.07. The van der Waals surface area contributed by atoms with Crippen LogP contribution in [-0.4, -0.2) is 25.4 Å². The predicted molar refractivity (Wildman–Crippen MR) is 63.3 cm³/mol. The lowest BCUT2D eigenvalue weighted by Gasteiger charge is -2.14. The van der Waals surface area contributed by atoms with Gasteiger partial charge in [-0.15, -0.1) is 0 Å². The second kappa shape index (κ2) is 4.38. The van der Waals surface area contributed by atoms with E-state index in [0.29, 0.717) is 6.04 Å².